The zero-order valence-electron chi connectivity index (χ0n) is 13.4. The third-order valence-electron chi connectivity index (χ3n) is 4.07. The van der Waals surface area contributed by atoms with Gasteiger partial charge < -0.3 is 15.0 Å². The molecule has 0 spiro atoms. The Labute approximate surface area is 141 Å². The number of quaternary nitrogens is 1. The van der Waals surface area contributed by atoms with E-state index in [-0.39, 0.29) is 17.8 Å². The summed E-state index contributed by atoms with van der Waals surface area (Å²) in [5.74, 6) is -0.147. The molecule has 0 bridgehead atoms. The number of amides is 1. The van der Waals surface area contributed by atoms with Crippen molar-refractivity contribution in [1.29, 1.82) is 0 Å². The molecule has 2 N–H and O–H groups in total. The Morgan fingerprint density at radius 3 is 2.78 bits per heavy atom. The SMILES string of the molecule is CCOC(=O)C1CCC[NH+](CCC(=O)Nc2ccc(Cl)cc2)C1. The first-order chi connectivity index (χ1) is 11.1. The van der Waals surface area contributed by atoms with Gasteiger partial charge in [-0.15, -0.1) is 0 Å². The molecule has 1 saturated heterocycles. The van der Waals surface area contributed by atoms with E-state index in [1.807, 2.05) is 6.92 Å². The van der Waals surface area contributed by atoms with Crippen LogP contribution < -0.4 is 10.2 Å². The molecule has 1 aliphatic heterocycles. The smallest absolute Gasteiger partial charge is 0.314 e. The van der Waals surface area contributed by atoms with Gasteiger partial charge in [-0.3, -0.25) is 9.59 Å². The lowest BCUT2D eigenvalue weighted by Crippen LogP contribution is -3.13. The number of benzene rings is 1. The van der Waals surface area contributed by atoms with Gasteiger partial charge in [-0.05, 0) is 44.0 Å². The summed E-state index contributed by atoms with van der Waals surface area (Å²) in [5.41, 5.74) is 0.748. The highest BCUT2D eigenvalue weighted by Gasteiger charge is 2.29. The summed E-state index contributed by atoms with van der Waals surface area (Å²) in [5, 5.41) is 3.50. The Morgan fingerprint density at radius 2 is 2.09 bits per heavy atom. The fraction of sp³-hybridized carbons (Fsp3) is 0.529. The van der Waals surface area contributed by atoms with Gasteiger partial charge in [0.15, 0.2) is 0 Å². The van der Waals surface area contributed by atoms with Gasteiger partial charge in [0.05, 0.1) is 32.7 Å². The van der Waals surface area contributed by atoms with Crippen LogP contribution in [0.4, 0.5) is 5.69 Å². The van der Waals surface area contributed by atoms with Crippen LogP contribution in [-0.4, -0.2) is 38.1 Å². The van der Waals surface area contributed by atoms with Crippen molar-refractivity contribution in [3.8, 4) is 0 Å². The zero-order valence-corrected chi connectivity index (χ0v) is 14.2. The van der Waals surface area contributed by atoms with Crippen LogP contribution in [0.1, 0.15) is 26.2 Å². The molecule has 126 valence electrons. The first-order valence-corrected chi connectivity index (χ1v) is 8.52. The van der Waals surface area contributed by atoms with Gasteiger partial charge in [0.25, 0.3) is 0 Å². The molecule has 0 radical (unpaired) electrons. The number of nitrogens with one attached hydrogen (secondary N) is 2. The lowest BCUT2D eigenvalue weighted by atomic mass is 9.98. The Kier molecular flexibility index (Phi) is 6.86. The van der Waals surface area contributed by atoms with E-state index in [9.17, 15) is 9.59 Å². The average Bonchev–Trinajstić information content (AvgIpc) is 2.56. The second-order valence-corrected chi connectivity index (χ2v) is 6.29. The van der Waals surface area contributed by atoms with Gasteiger partial charge in [-0.1, -0.05) is 11.6 Å². The molecule has 0 aromatic heterocycles. The van der Waals surface area contributed by atoms with Gasteiger partial charge in [0.2, 0.25) is 5.91 Å². The average molecular weight is 340 g/mol. The van der Waals surface area contributed by atoms with E-state index < -0.39 is 0 Å². The van der Waals surface area contributed by atoms with E-state index >= 15 is 0 Å². The Balaban J connectivity index is 1.75. The van der Waals surface area contributed by atoms with Gasteiger partial charge in [0.1, 0.15) is 5.92 Å². The van der Waals surface area contributed by atoms with Crippen LogP contribution in [0.3, 0.4) is 0 Å². The number of hydrogen-bond acceptors (Lipinski definition) is 3. The van der Waals surface area contributed by atoms with Gasteiger partial charge >= 0.3 is 5.97 Å². The Morgan fingerprint density at radius 1 is 1.35 bits per heavy atom. The number of esters is 1. The standard InChI is InChI=1S/C17H23ClN2O3/c1-2-23-17(22)13-4-3-10-20(12-13)11-9-16(21)19-15-7-5-14(18)6-8-15/h5-8,13H,2-4,9-12H2,1H3,(H,19,21)/p+1. The molecular formula is C17H24ClN2O3+. The lowest BCUT2D eigenvalue weighted by molar-refractivity contribution is -0.906. The minimum Gasteiger partial charge on any atom is -0.466 e. The van der Waals surface area contributed by atoms with Crippen LogP contribution in [0.25, 0.3) is 0 Å². The monoisotopic (exact) mass is 339 g/mol. The summed E-state index contributed by atoms with van der Waals surface area (Å²) in [6.45, 7) is 4.74. The third kappa shape index (κ3) is 5.84. The molecule has 2 unspecified atom stereocenters. The summed E-state index contributed by atoms with van der Waals surface area (Å²) in [7, 11) is 0. The maximum atomic E-state index is 12.0. The molecule has 1 heterocycles. The molecule has 1 aliphatic rings. The van der Waals surface area contributed by atoms with E-state index in [1.165, 1.54) is 4.90 Å². The van der Waals surface area contributed by atoms with E-state index in [0.717, 1.165) is 38.2 Å². The van der Waals surface area contributed by atoms with Crippen molar-refractivity contribution in [1.82, 2.24) is 0 Å². The van der Waals surface area contributed by atoms with Crippen molar-refractivity contribution in [3.05, 3.63) is 29.3 Å². The zero-order chi connectivity index (χ0) is 16.7. The van der Waals surface area contributed by atoms with Crippen molar-refractivity contribution in [3.63, 3.8) is 0 Å². The molecule has 1 aromatic rings. The predicted molar refractivity (Wildman–Crippen MR) is 89.6 cm³/mol. The highest BCUT2D eigenvalue weighted by Crippen LogP contribution is 2.13. The normalized spacial score (nSPS) is 20.8. The maximum absolute atomic E-state index is 12.0. The fourth-order valence-electron chi connectivity index (χ4n) is 2.89. The highest BCUT2D eigenvalue weighted by molar-refractivity contribution is 6.30. The molecule has 2 atom stereocenters. The second kappa shape index (κ2) is 8.89. The molecule has 1 amide bonds. The van der Waals surface area contributed by atoms with Gasteiger partial charge in [0, 0.05) is 10.7 Å². The number of carbonyl (C=O) groups is 2. The molecule has 1 aromatic carbocycles. The number of hydrogen-bond donors (Lipinski definition) is 2. The van der Waals surface area contributed by atoms with Crippen molar-refractivity contribution in [2.75, 3.05) is 31.6 Å². The van der Waals surface area contributed by atoms with Crippen molar-refractivity contribution < 1.29 is 19.2 Å². The van der Waals surface area contributed by atoms with Crippen molar-refractivity contribution in [2.24, 2.45) is 5.92 Å². The quantitative estimate of drug-likeness (QED) is 0.773. The van der Waals surface area contributed by atoms with E-state index in [4.69, 9.17) is 16.3 Å². The summed E-state index contributed by atoms with van der Waals surface area (Å²) in [4.78, 5) is 25.1. The molecule has 6 heteroatoms. The van der Waals surface area contributed by atoms with Crippen molar-refractivity contribution in [2.45, 2.75) is 26.2 Å². The Bertz CT molecular complexity index is 533. The minimum absolute atomic E-state index is 0.0157. The maximum Gasteiger partial charge on any atom is 0.314 e. The van der Waals surface area contributed by atoms with Crippen LogP contribution in [0.15, 0.2) is 24.3 Å². The number of ether oxygens (including phenoxy) is 1. The number of likely N-dealkylation sites (tertiary alicyclic amines) is 1. The van der Waals surface area contributed by atoms with Crippen LogP contribution in [0.5, 0.6) is 0 Å². The molecule has 1 fully saturated rings. The van der Waals surface area contributed by atoms with Crippen LogP contribution in [-0.2, 0) is 14.3 Å². The number of piperidine rings is 1. The fourth-order valence-corrected chi connectivity index (χ4v) is 3.01. The molecule has 0 aliphatic carbocycles. The van der Waals surface area contributed by atoms with E-state index in [2.05, 4.69) is 5.32 Å². The first-order valence-electron chi connectivity index (χ1n) is 8.14. The Hall–Kier alpha value is -1.59. The number of halogens is 1. The van der Waals surface area contributed by atoms with E-state index in [0.29, 0.717) is 18.1 Å². The molecule has 23 heavy (non-hydrogen) atoms. The summed E-state index contributed by atoms with van der Waals surface area (Å²) in [6, 6.07) is 7.06. The second-order valence-electron chi connectivity index (χ2n) is 5.85. The van der Waals surface area contributed by atoms with Crippen molar-refractivity contribution >= 4 is 29.2 Å². The van der Waals surface area contributed by atoms with Gasteiger partial charge in [-0.25, -0.2) is 0 Å². The summed E-state index contributed by atoms with van der Waals surface area (Å²) in [6.07, 6.45) is 2.32. The minimum atomic E-state index is -0.102. The summed E-state index contributed by atoms with van der Waals surface area (Å²) < 4.78 is 5.10. The van der Waals surface area contributed by atoms with Crippen LogP contribution in [0.2, 0.25) is 5.02 Å². The molecule has 5 nitrogen and oxygen atoms in total. The summed E-state index contributed by atoms with van der Waals surface area (Å²) >= 11 is 5.82. The number of carbonyl (C=O) groups excluding carboxylic acids is 2. The number of rotatable bonds is 6. The largest absolute Gasteiger partial charge is 0.466 e. The first kappa shape index (κ1) is 17.8. The molecule has 2 rings (SSSR count). The third-order valence-corrected chi connectivity index (χ3v) is 4.32. The molecular weight excluding hydrogens is 316 g/mol. The number of anilines is 1. The van der Waals surface area contributed by atoms with Crippen LogP contribution in [0, 0.1) is 5.92 Å². The highest BCUT2D eigenvalue weighted by atomic mass is 35.5. The topological polar surface area (TPSA) is 59.8 Å². The van der Waals surface area contributed by atoms with Crippen LogP contribution >= 0.6 is 11.6 Å². The van der Waals surface area contributed by atoms with Gasteiger partial charge in [-0.2, -0.15) is 0 Å². The lowest BCUT2D eigenvalue weighted by Gasteiger charge is -2.28. The molecule has 0 saturated carbocycles. The van der Waals surface area contributed by atoms with E-state index in [1.54, 1.807) is 24.3 Å². The predicted octanol–water partition coefficient (Wildman–Crippen LogP) is 1.53.